The molecule has 1 aliphatic rings. The van der Waals surface area contributed by atoms with Crippen LogP contribution in [0.4, 0.5) is 16.2 Å². The molecule has 0 aromatic carbocycles. The molecule has 0 saturated carbocycles. The third-order valence-corrected chi connectivity index (χ3v) is 4.40. The molecule has 3 rings (SSSR count). The van der Waals surface area contributed by atoms with Crippen LogP contribution in [-0.2, 0) is 6.42 Å². The lowest BCUT2D eigenvalue weighted by Gasteiger charge is -2.34. The molecule has 100 valence electrons. The Labute approximate surface area is 114 Å². The van der Waals surface area contributed by atoms with E-state index in [2.05, 4.69) is 33.8 Å². The summed E-state index contributed by atoms with van der Waals surface area (Å²) in [7, 11) is 0. The zero-order chi connectivity index (χ0) is 13.4. The van der Waals surface area contributed by atoms with Crippen LogP contribution in [0.2, 0.25) is 0 Å². The van der Waals surface area contributed by atoms with E-state index in [1.165, 1.54) is 10.4 Å². The lowest BCUT2D eigenvalue weighted by Crippen LogP contribution is -2.34. The van der Waals surface area contributed by atoms with Gasteiger partial charge in [0.15, 0.2) is 11.6 Å². The summed E-state index contributed by atoms with van der Waals surface area (Å²) in [5.74, 6) is 5.37. The van der Waals surface area contributed by atoms with E-state index in [9.17, 15) is 4.39 Å². The maximum absolute atomic E-state index is 13.9. The van der Waals surface area contributed by atoms with Crippen LogP contribution in [0.25, 0.3) is 0 Å². The van der Waals surface area contributed by atoms with E-state index in [0.29, 0.717) is 5.82 Å². The van der Waals surface area contributed by atoms with Crippen molar-refractivity contribution in [3.63, 3.8) is 0 Å². The summed E-state index contributed by atoms with van der Waals surface area (Å²) in [5, 5.41) is 2.08. The fourth-order valence-electron chi connectivity index (χ4n) is 2.43. The Morgan fingerprint density at radius 2 is 2.42 bits per heavy atom. The Morgan fingerprint density at radius 3 is 3.21 bits per heavy atom. The van der Waals surface area contributed by atoms with Gasteiger partial charge in [0, 0.05) is 11.4 Å². The standard InChI is InChI=1S/C12H14FN5S/c1-7-8-3-5-19-10(8)2-4-18(7)11-9(13)6-15-12(16-11)17-14/h3,5-7H,2,4,14H2,1H3,(H,15,16,17). The number of anilines is 2. The average Bonchev–Trinajstić information content (AvgIpc) is 2.90. The van der Waals surface area contributed by atoms with Gasteiger partial charge in [0.25, 0.3) is 0 Å². The fourth-order valence-corrected chi connectivity index (χ4v) is 3.39. The largest absolute Gasteiger partial charge is 0.347 e. The van der Waals surface area contributed by atoms with Crippen LogP contribution in [0, 0.1) is 5.82 Å². The highest BCUT2D eigenvalue weighted by atomic mass is 32.1. The lowest BCUT2D eigenvalue weighted by molar-refractivity contribution is 0.567. The van der Waals surface area contributed by atoms with Crippen LogP contribution in [0.5, 0.6) is 0 Å². The Balaban J connectivity index is 1.99. The molecule has 1 atom stereocenters. The first-order valence-corrected chi connectivity index (χ1v) is 6.90. The first kappa shape index (κ1) is 12.3. The van der Waals surface area contributed by atoms with E-state index < -0.39 is 5.82 Å². The number of halogens is 1. The first-order chi connectivity index (χ1) is 9.20. The summed E-state index contributed by atoms with van der Waals surface area (Å²) < 4.78 is 13.9. The summed E-state index contributed by atoms with van der Waals surface area (Å²) >= 11 is 1.75. The molecule has 1 unspecified atom stereocenters. The van der Waals surface area contributed by atoms with Gasteiger partial charge in [-0.3, -0.25) is 5.43 Å². The highest BCUT2D eigenvalue weighted by Crippen LogP contribution is 2.36. The summed E-state index contributed by atoms with van der Waals surface area (Å²) in [6.45, 7) is 2.80. The second-order valence-electron chi connectivity index (χ2n) is 4.43. The number of hydrogen-bond donors (Lipinski definition) is 2. The van der Waals surface area contributed by atoms with Crippen LogP contribution in [0.15, 0.2) is 17.6 Å². The maximum Gasteiger partial charge on any atom is 0.239 e. The summed E-state index contributed by atoms with van der Waals surface area (Å²) in [6, 6.07) is 2.20. The van der Waals surface area contributed by atoms with Gasteiger partial charge in [-0.05, 0) is 30.4 Å². The smallest absolute Gasteiger partial charge is 0.239 e. The van der Waals surface area contributed by atoms with E-state index in [4.69, 9.17) is 5.84 Å². The van der Waals surface area contributed by atoms with Crippen LogP contribution in [-0.4, -0.2) is 16.5 Å². The molecule has 0 spiro atoms. The molecule has 1 aliphatic heterocycles. The SMILES string of the molecule is CC1c2ccsc2CCN1c1nc(NN)ncc1F. The van der Waals surface area contributed by atoms with Crippen molar-refractivity contribution in [3.8, 4) is 0 Å². The van der Waals surface area contributed by atoms with Crippen molar-refractivity contribution < 1.29 is 4.39 Å². The second-order valence-corrected chi connectivity index (χ2v) is 5.43. The summed E-state index contributed by atoms with van der Waals surface area (Å²) in [4.78, 5) is 11.2. The zero-order valence-corrected chi connectivity index (χ0v) is 11.2. The normalized spacial score (nSPS) is 18.3. The van der Waals surface area contributed by atoms with Crippen LogP contribution in [0.3, 0.4) is 0 Å². The number of hydrogen-bond acceptors (Lipinski definition) is 6. The molecule has 0 radical (unpaired) electrons. The minimum Gasteiger partial charge on any atom is -0.347 e. The number of nitrogens with one attached hydrogen (secondary N) is 1. The van der Waals surface area contributed by atoms with Crippen molar-refractivity contribution in [2.45, 2.75) is 19.4 Å². The molecule has 0 saturated heterocycles. The van der Waals surface area contributed by atoms with E-state index >= 15 is 0 Å². The molecule has 0 fully saturated rings. The number of thiophene rings is 1. The number of rotatable bonds is 2. The second kappa shape index (κ2) is 4.75. The van der Waals surface area contributed by atoms with Gasteiger partial charge in [0.1, 0.15) is 0 Å². The van der Waals surface area contributed by atoms with Gasteiger partial charge in [-0.25, -0.2) is 15.2 Å². The molecule has 7 heteroatoms. The molecule has 2 aromatic heterocycles. The Morgan fingerprint density at radius 1 is 1.58 bits per heavy atom. The molecule has 0 aliphatic carbocycles. The van der Waals surface area contributed by atoms with Crippen molar-refractivity contribution in [1.82, 2.24) is 9.97 Å². The highest BCUT2D eigenvalue weighted by molar-refractivity contribution is 7.10. The number of nitrogens with two attached hydrogens (primary N) is 1. The molecule has 2 aromatic rings. The quantitative estimate of drug-likeness (QED) is 0.651. The predicted molar refractivity (Wildman–Crippen MR) is 73.6 cm³/mol. The maximum atomic E-state index is 13.9. The molecule has 3 heterocycles. The van der Waals surface area contributed by atoms with E-state index in [0.717, 1.165) is 19.2 Å². The zero-order valence-electron chi connectivity index (χ0n) is 10.4. The van der Waals surface area contributed by atoms with E-state index in [1.807, 2.05) is 4.90 Å². The average molecular weight is 279 g/mol. The molecule has 3 N–H and O–H groups in total. The third-order valence-electron chi connectivity index (χ3n) is 3.40. The molecular weight excluding hydrogens is 265 g/mol. The van der Waals surface area contributed by atoms with Gasteiger partial charge >= 0.3 is 0 Å². The Hall–Kier alpha value is -1.73. The van der Waals surface area contributed by atoms with Gasteiger partial charge in [0.2, 0.25) is 5.95 Å². The molecule has 0 bridgehead atoms. The molecule has 19 heavy (non-hydrogen) atoms. The van der Waals surface area contributed by atoms with Gasteiger partial charge in [-0.15, -0.1) is 11.3 Å². The molecular formula is C12H14FN5S. The minimum atomic E-state index is -0.426. The van der Waals surface area contributed by atoms with Gasteiger partial charge in [-0.1, -0.05) is 0 Å². The van der Waals surface area contributed by atoms with Gasteiger partial charge in [0.05, 0.1) is 12.2 Å². The number of fused-ring (bicyclic) bond motifs is 1. The molecule has 0 amide bonds. The number of aromatic nitrogens is 2. The van der Waals surface area contributed by atoms with Crippen molar-refractivity contribution >= 4 is 23.1 Å². The van der Waals surface area contributed by atoms with Crippen molar-refractivity contribution in [2.75, 3.05) is 16.9 Å². The first-order valence-electron chi connectivity index (χ1n) is 6.02. The van der Waals surface area contributed by atoms with Crippen molar-refractivity contribution in [1.29, 1.82) is 0 Å². The van der Waals surface area contributed by atoms with E-state index in [-0.39, 0.29) is 12.0 Å². The lowest BCUT2D eigenvalue weighted by atomic mass is 10.0. The fraction of sp³-hybridized carbons (Fsp3) is 0.333. The summed E-state index contributed by atoms with van der Waals surface area (Å²) in [5.41, 5.74) is 3.60. The van der Waals surface area contributed by atoms with Crippen LogP contribution >= 0.6 is 11.3 Å². The van der Waals surface area contributed by atoms with Crippen molar-refractivity contribution in [2.24, 2.45) is 5.84 Å². The number of hydrazine groups is 1. The topological polar surface area (TPSA) is 67.1 Å². The van der Waals surface area contributed by atoms with Crippen LogP contribution < -0.4 is 16.2 Å². The van der Waals surface area contributed by atoms with Crippen molar-refractivity contribution in [3.05, 3.63) is 33.9 Å². The monoisotopic (exact) mass is 279 g/mol. The predicted octanol–water partition coefficient (Wildman–Crippen LogP) is 2.09. The summed E-state index contributed by atoms with van der Waals surface area (Å²) in [6.07, 6.45) is 2.06. The van der Waals surface area contributed by atoms with E-state index in [1.54, 1.807) is 11.3 Å². The Bertz CT molecular complexity index is 600. The molecule has 5 nitrogen and oxygen atoms in total. The number of nitrogen functional groups attached to an aromatic ring is 1. The number of nitrogens with zero attached hydrogens (tertiary/aromatic N) is 3. The van der Waals surface area contributed by atoms with Gasteiger partial charge < -0.3 is 4.90 Å². The minimum absolute atomic E-state index is 0.102. The Kier molecular flexibility index (Phi) is 3.08. The highest BCUT2D eigenvalue weighted by Gasteiger charge is 2.27. The van der Waals surface area contributed by atoms with Gasteiger partial charge in [-0.2, -0.15) is 4.98 Å². The van der Waals surface area contributed by atoms with Crippen LogP contribution in [0.1, 0.15) is 23.4 Å². The third kappa shape index (κ3) is 2.04.